The molecular weight excluding hydrogens is 224 g/mol. The van der Waals surface area contributed by atoms with Crippen molar-refractivity contribution in [2.24, 2.45) is 0 Å². The van der Waals surface area contributed by atoms with E-state index in [0.29, 0.717) is 11.5 Å². The highest BCUT2D eigenvalue weighted by atomic mass is 15.2. The summed E-state index contributed by atoms with van der Waals surface area (Å²) < 4.78 is 2.15. The second-order valence-corrected chi connectivity index (χ2v) is 5.05. The van der Waals surface area contributed by atoms with Gasteiger partial charge in [-0.05, 0) is 43.9 Å². The molecule has 18 heavy (non-hydrogen) atoms. The molecule has 2 N–H and O–H groups in total. The minimum Gasteiger partial charge on any atom is -0.369 e. The monoisotopic (exact) mass is 240 g/mol. The summed E-state index contributed by atoms with van der Waals surface area (Å²) in [5.74, 6) is 0.571. The third kappa shape index (κ3) is 1.34. The average Bonchev–Trinajstić information content (AvgIpc) is 2.65. The van der Waals surface area contributed by atoms with E-state index in [-0.39, 0.29) is 5.54 Å². The van der Waals surface area contributed by atoms with Crippen molar-refractivity contribution >= 4 is 17.0 Å². The van der Waals surface area contributed by atoms with Crippen molar-refractivity contribution in [1.82, 2.24) is 9.55 Å². The number of nitrogens with two attached hydrogens (primary N) is 1. The van der Waals surface area contributed by atoms with E-state index in [4.69, 9.17) is 11.0 Å². The quantitative estimate of drug-likeness (QED) is 0.877. The van der Waals surface area contributed by atoms with Gasteiger partial charge in [-0.25, -0.2) is 4.98 Å². The molecule has 0 saturated heterocycles. The van der Waals surface area contributed by atoms with Crippen LogP contribution in [-0.2, 0) is 5.54 Å². The molecule has 3 rings (SSSR count). The smallest absolute Gasteiger partial charge is 0.201 e. The van der Waals surface area contributed by atoms with E-state index in [1.54, 1.807) is 6.07 Å². The second kappa shape index (κ2) is 3.74. The van der Waals surface area contributed by atoms with Gasteiger partial charge in [0.25, 0.3) is 0 Å². The Morgan fingerprint density at radius 3 is 2.83 bits per heavy atom. The maximum atomic E-state index is 9.02. The molecule has 0 spiro atoms. The number of hydrogen-bond donors (Lipinski definition) is 1. The Balaban J connectivity index is 2.27. The summed E-state index contributed by atoms with van der Waals surface area (Å²) in [6.45, 7) is 2.19. The lowest BCUT2D eigenvalue weighted by Crippen LogP contribution is -2.40. The summed E-state index contributed by atoms with van der Waals surface area (Å²) >= 11 is 0. The Hall–Kier alpha value is -2.02. The fourth-order valence-electron chi connectivity index (χ4n) is 2.98. The van der Waals surface area contributed by atoms with Crippen molar-refractivity contribution in [3.63, 3.8) is 0 Å². The zero-order valence-electron chi connectivity index (χ0n) is 10.5. The normalized spacial score (nSPS) is 17.3. The second-order valence-electron chi connectivity index (χ2n) is 5.05. The summed E-state index contributed by atoms with van der Waals surface area (Å²) in [7, 11) is 0. The highest BCUT2D eigenvalue weighted by molar-refractivity contribution is 5.80. The summed E-state index contributed by atoms with van der Waals surface area (Å²) in [6.07, 6.45) is 4.59. The van der Waals surface area contributed by atoms with E-state index in [2.05, 4.69) is 22.5 Å². The molecule has 0 unspecified atom stereocenters. The van der Waals surface area contributed by atoms with Crippen LogP contribution in [0.4, 0.5) is 5.95 Å². The Labute approximate surface area is 106 Å². The third-order valence-electron chi connectivity index (χ3n) is 4.23. The van der Waals surface area contributed by atoms with Crippen molar-refractivity contribution in [2.75, 3.05) is 5.73 Å². The molecule has 1 heterocycles. The van der Waals surface area contributed by atoms with Gasteiger partial charge < -0.3 is 10.3 Å². The minimum absolute atomic E-state index is 0.118. The van der Waals surface area contributed by atoms with Gasteiger partial charge in [-0.15, -0.1) is 0 Å². The summed E-state index contributed by atoms with van der Waals surface area (Å²) in [6, 6.07) is 7.74. The summed E-state index contributed by atoms with van der Waals surface area (Å²) in [5, 5.41) is 9.02. The number of fused-ring (bicyclic) bond motifs is 1. The summed E-state index contributed by atoms with van der Waals surface area (Å²) in [4.78, 5) is 4.42. The van der Waals surface area contributed by atoms with Crippen molar-refractivity contribution in [1.29, 1.82) is 5.26 Å². The molecule has 0 aliphatic heterocycles. The molecule has 4 heteroatoms. The first-order valence-corrected chi connectivity index (χ1v) is 6.39. The van der Waals surface area contributed by atoms with E-state index in [9.17, 15) is 0 Å². The maximum absolute atomic E-state index is 9.02. The lowest BCUT2D eigenvalue weighted by Gasteiger charge is -2.43. The predicted octanol–water partition coefficient (Wildman–Crippen LogP) is 2.78. The first-order valence-electron chi connectivity index (χ1n) is 6.39. The molecule has 1 aliphatic rings. The first-order chi connectivity index (χ1) is 8.70. The van der Waals surface area contributed by atoms with Crippen LogP contribution in [0, 0.1) is 11.3 Å². The molecule has 4 nitrogen and oxygen atoms in total. The van der Waals surface area contributed by atoms with Crippen LogP contribution in [0.25, 0.3) is 11.0 Å². The number of aromatic nitrogens is 2. The number of anilines is 1. The fourth-order valence-corrected chi connectivity index (χ4v) is 2.98. The Bertz CT molecular complexity index is 638. The Morgan fingerprint density at radius 2 is 2.28 bits per heavy atom. The molecule has 2 aromatic rings. The third-order valence-corrected chi connectivity index (χ3v) is 4.23. The molecule has 92 valence electrons. The molecule has 0 amide bonds. The van der Waals surface area contributed by atoms with Gasteiger partial charge in [-0.1, -0.05) is 6.92 Å². The van der Waals surface area contributed by atoms with E-state index in [1.807, 2.05) is 12.1 Å². The van der Waals surface area contributed by atoms with Crippen molar-refractivity contribution in [2.45, 2.75) is 38.1 Å². The zero-order valence-corrected chi connectivity index (χ0v) is 10.5. The number of nitrogens with zero attached hydrogens (tertiary/aromatic N) is 3. The Morgan fingerprint density at radius 1 is 1.50 bits per heavy atom. The molecule has 1 saturated carbocycles. The van der Waals surface area contributed by atoms with E-state index < -0.39 is 0 Å². The maximum Gasteiger partial charge on any atom is 0.201 e. The van der Waals surface area contributed by atoms with Crippen LogP contribution in [0.2, 0.25) is 0 Å². The first kappa shape index (κ1) is 11.1. The lowest BCUT2D eigenvalue weighted by atomic mass is 9.74. The van der Waals surface area contributed by atoms with Crippen LogP contribution < -0.4 is 5.73 Å². The highest BCUT2D eigenvalue weighted by Crippen LogP contribution is 2.45. The molecule has 1 fully saturated rings. The lowest BCUT2D eigenvalue weighted by molar-refractivity contribution is 0.144. The molecule has 0 radical (unpaired) electrons. The van der Waals surface area contributed by atoms with Crippen molar-refractivity contribution in [3.8, 4) is 6.07 Å². The van der Waals surface area contributed by atoms with Gasteiger partial charge in [0.05, 0.1) is 22.7 Å². The molecule has 1 aliphatic carbocycles. The van der Waals surface area contributed by atoms with Crippen molar-refractivity contribution < 1.29 is 0 Å². The predicted molar refractivity (Wildman–Crippen MR) is 71.0 cm³/mol. The number of rotatable bonds is 2. The topological polar surface area (TPSA) is 67.6 Å². The molecule has 1 aromatic heterocycles. The van der Waals surface area contributed by atoms with Crippen LogP contribution >= 0.6 is 0 Å². The van der Waals surface area contributed by atoms with E-state index in [0.717, 1.165) is 30.3 Å². The van der Waals surface area contributed by atoms with Crippen LogP contribution in [0.5, 0.6) is 0 Å². The minimum atomic E-state index is 0.118. The van der Waals surface area contributed by atoms with Gasteiger partial charge in [0.2, 0.25) is 5.95 Å². The van der Waals surface area contributed by atoms with Gasteiger partial charge in [-0.2, -0.15) is 5.26 Å². The molecular formula is C14H16N4. The van der Waals surface area contributed by atoms with Crippen LogP contribution in [0.15, 0.2) is 18.2 Å². The molecule has 0 atom stereocenters. The van der Waals surface area contributed by atoms with Crippen LogP contribution in [0.1, 0.15) is 38.2 Å². The van der Waals surface area contributed by atoms with Crippen molar-refractivity contribution in [3.05, 3.63) is 23.8 Å². The van der Waals surface area contributed by atoms with Gasteiger partial charge in [-0.3, -0.25) is 0 Å². The van der Waals surface area contributed by atoms with Gasteiger partial charge in [0.15, 0.2) is 0 Å². The Kier molecular flexibility index (Phi) is 2.30. The number of imidazole rings is 1. The highest BCUT2D eigenvalue weighted by Gasteiger charge is 2.39. The van der Waals surface area contributed by atoms with Gasteiger partial charge in [0.1, 0.15) is 0 Å². The zero-order chi connectivity index (χ0) is 12.8. The fraction of sp³-hybridized carbons (Fsp3) is 0.429. The van der Waals surface area contributed by atoms with E-state index >= 15 is 0 Å². The number of nitriles is 1. The number of hydrogen-bond acceptors (Lipinski definition) is 3. The van der Waals surface area contributed by atoms with Gasteiger partial charge >= 0.3 is 0 Å². The van der Waals surface area contributed by atoms with Crippen LogP contribution in [-0.4, -0.2) is 9.55 Å². The standard InChI is InChI=1S/C14H16N4/c1-2-14(6-3-7-14)18-12-8-10(9-15)4-5-11(12)17-13(18)16/h4-5,8H,2-3,6-7H2,1H3,(H2,16,17). The SMILES string of the molecule is CCC1(n2c(N)nc3ccc(C#N)cc32)CCC1. The van der Waals surface area contributed by atoms with Crippen LogP contribution in [0.3, 0.4) is 0 Å². The average molecular weight is 240 g/mol. The number of nitrogen functional groups attached to an aromatic ring is 1. The van der Waals surface area contributed by atoms with E-state index in [1.165, 1.54) is 6.42 Å². The summed E-state index contributed by atoms with van der Waals surface area (Å²) in [5.41, 5.74) is 8.74. The number of benzene rings is 1. The largest absolute Gasteiger partial charge is 0.369 e. The molecule has 1 aromatic carbocycles. The molecule has 0 bridgehead atoms. The van der Waals surface area contributed by atoms with Gasteiger partial charge in [0, 0.05) is 5.54 Å².